The number of aliphatic hydroxyl groups is 1. The van der Waals surface area contributed by atoms with Crippen LogP contribution in [0.5, 0.6) is 0 Å². The van der Waals surface area contributed by atoms with Crippen molar-refractivity contribution in [1.82, 2.24) is 14.7 Å². The number of rotatable bonds is 4. The van der Waals surface area contributed by atoms with E-state index in [0.29, 0.717) is 6.54 Å². The lowest BCUT2D eigenvalue weighted by atomic mass is 10.3. The van der Waals surface area contributed by atoms with Crippen LogP contribution in [-0.2, 0) is 12.7 Å². The smallest absolute Gasteiger partial charge is 0.390 e. The molecule has 0 bridgehead atoms. The van der Waals surface area contributed by atoms with E-state index >= 15 is 0 Å². The summed E-state index contributed by atoms with van der Waals surface area (Å²) >= 11 is 0. The summed E-state index contributed by atoms with van der Waals surface area (Å²) in [6.07, 6.45) is -1.63. The number of aromatic nitrogens is 2. The zero-order chi connectivity index (χ0) is 13.2. The second-order valence-electron chi connectivity index (χ2n) is 4.58. The van der Waals surface area contributed by atoms with Gasteiger partial charge in [0, 0.05) is 12.7 Å². The maximum absolute atomic E-state index is 12.3. The molecule has 2 heterocycles. The fraction of sp³-hybridized carbons (Fsp3) is 0.727. The summed E-state index contributed by atoms with van der Waals surface area (Å²) in [6.45, 7) is 2.47. The average Bonchev–Trinajstić information content (AvgIpc) is 2.87. The van der Waals surface area contributed by atoms with E-state index in [-0.39, 0.29) is 6.54 Å². The van der Waals surface area contributed by atoms with Gasteiger partial charge in [0.05, 0.1) is 12.6 Å². The van der Waals surface area contributed by atoms with Crippen LogP contribution in [0.1, 0.15) is 18.5 Å². The lowest BCUT2D eigenvalue weighted by molar-refractivity contribution is -0.141. The molecule has 0 spiro atoms. The molecular weight excluding hydrogens is 247 g/mol. The largest absolute Gasteiger partial charge is 0.435 e. The number of halogens is 3. The second-order valence-corrected chi connectivity index (χ2v) is 4.58. The van der Waals surface area contributed by atoms with Crippen LogP contribution < -0.4 is 0 Å². The van der Waals surface area contributed by atoms with Crippen molar-refractivity contribution in [3.63, 3.8) is 0 Å². The zero-order valence-corrected chi connectivity index (χ0v) is 9.90. The second kappa shape index (κ2) is 5.27. The van der Waals surface area contributed by atoms with Gasteiger partial charge in [0.2, 0.25) is 0 Å². The van der Waals surface area contributed by atoms with Crippen LogP contribution in [0.3, 0.4) is 0 Å². The third-order valence-corrected chi connectivity index (χ3v) is 3.00. The van der Waals surface area contributed by atoms with Crippen LogP contribution in [-0.4, -0.2) is 45.5 Å². The molecule has 1 aromatic heterocycles. The first-order valence-electron chi connectivity index (χ1n) is 5.96. The van der Waals surface area contributed by atoms with Gasteiger partial charge in [-0.2, -0.15) is 18.3 Å². The maximum Gasteiger partial charge on any atom is 0.435 e. The number of alkyl halides is 3. The van der Waals surface area contributed by atoms with E-state index < -0.39 is 18.0 Å². The number of aliphatic hydroxyl groups excluding tert-OH is 1. The van der Waals surface area contributed by atoms with Crippen LogP contribution >= 0.6 is 0 Å². The van der Waals surface area contributed by atoms with Crippen molar-refractivity contribution in [1.29, 1.82) is 0 Å². The molecule has 0 amide bonds. The van der Waals surface area contributed by atoms with Gasteiger partial charge in [-0.1, -0.05) is 0 Å². The van der Waals surface area contributed by atoms with E-state index in [2.05, 4.69) is 10.00 Å². The number of hydrogen-bond acceptors (Lipinski definition) is 3. The van der Waals surface area contributed by atoms with Gasteiger partial charge in [0.15, 0.2) is 5.69 Å². The fourth-order valence-electron chi connectivity index (χ4n) is 2.15. The number of nitrogens with zero attached hydrogens (tertiary/aromatic N) is 3. The van der Waals surface area contributed by atoms with Gasteiger partial charge in [-0.25, -0.2) is 0 Å². The Labute approximate surface area is 103 Å². The Hall–Kier alpha value is -1.08. The Kier molecular flexibility index (Phi) is 3.91. The Morgan fingerprint density at radius 1 is 1.28 bits per heavy atom. The Balaban J connectivity index is 1.86. The summed E-state index contributed by atoms with van der Waals surface area (Å²) in [5.74, 6) is 0. The molecule has 7 heteroatoms. The SMILES string of the molecule is O[C@@H](CN1CCCC1)Cn1ccc(C(F)(F)F)n1. The molecule has 1 saturated heterocycles. The highest BCUT2D eigenvalue weighted by Gasteiger charge is 2.33. The molecule has 1 aromatic rings. The van der Waals surface area contributed by atoms with Gasteiger partial charge < -0.3 is 10.0 Å². The predicted molar refractivity (Wildman–Crippen MR) is 58.9 cm³/mol. The first kappa shape index (κ1) is 13.4. The Morgan fingerprint density at radius 2 is 1.94 bits per heavy atom. The maximum atomic E-state index is 12.3. The van der Waals surface area contributed by atoms with E-state index in [1.807, 2.05) is 0 Å². The van der Waals surface area contributed by atoms with E-state index in [0.717, 1.165) is 36.7 Å². The van der Waals surface area contributed by atoms with Crippen molar-refractivity contribution in [2.75, 3.05) is 19.6 Å². The number of likely N-dealkylation sites (tertiary alicyclic amines) is 1. The molecule has 2 rings (SSSR count). The highest BCUT2D eigenvalue weighted by atomic mass is 19.4. The molecule has 1 aliphatic rings. The van der Waals surface area contributed by atoms with Crippen molar-refractivity contribution >= 4 is 0 Å². The summed E-state index contributed by atoms with van der Waals surface area (Å²) in [4.78, 5) is 2.11. The third-order valence-electron chi connectivity index (χ3n) is 3.00. The van der Waals surface area contributed by atoms with Crippen molar-refractivity contribution in [3.8, 4) is 0 Å². The standard InChI is InChI=1S/C11H16F3N3O/c12-11(13,14)10-3-6-17(15-10)8-9(18)7-16-4-1-2-5-16/h3,6,9,18H,1-2,4-5,7-8H2/t9-/m0/s1. The van der Waals surface area contributed by atoms with E-state index in [4.69, 9.17) is 0 Å². The van der Waals surface area contributed by atoms with Gasteiger partial charge in [-0.3, -0.25) is 4.68 Å². The summed E-state index contributed by atoms with van der Waals surface area (Å²) in [7, 11) is 0. The third kappa shape index (κ3) is 3.46. The Morgan fingerprint density at radius 3 is 2.50 bits per heavy atom. The lowest BCUT2D eigenvalue weighted by Gasteiger charge is -2.19. The van der Waals surface area contributed by atoms with Gasteiger partial charge >= 0.3 is 6.18 Å². The fourth-order valence-corrected chi connectivity index (χ4v) is 2.15. The monoisotopic (exact) mass is 263 g/mol. The molecule has 0 aromatic carbocycles. The molecule has 4 nitrogen and oxygen atoms in total. The lowest BCUT2D eigenvalue weighted by Crippen LogP contribution is -2.32. The normalized spacial score (nSPS) is 19.3. The van der Waals surface area contributed by atoms with E-state index in [1.165, 1.54) is 6.20 Å². The summed E-state index contributed by atoms with van der Waals surface area (Å²) in [6, 6.07) is 0.919. The van der Waals surface area contributed by atoms with Crippen molar-refractivity contribution in [2.24, 2.45) is 0 Å². The highest BCUT2D eigenvalue weighted by molar-refractivity contribution is 5.03. The summed E-state index contributed by atoms with van der Waals surface area (Å²) in [5.41, 5.74) is -0.920. The predicted octanol–water partition coefficient (Wildman–Crippen LogP) is 1.36. The Bertz CT molecular complexity index is 385. The highest BCUT2D eigenvalue weighted by Crippen LogP contribution is 2.27. The quantitative estimate of drug-likeness (QED) is 0.891. The molecule has 0 radical (unpaired) electrons. The molecule has 1 aliphatic heterocycles. The van der Waals surface area contributed by atoms with Gasteiger partial charge in [0.25, 0.3) is 0 Å². The van der Waals surface area contributed by atoms with E-state index in [9.17, 15) is 18.3 Å². The van der Waals surface area contributed by atoms with Gasteiger partial charge in [-0.15, -0.1) is 0 Å². The number of hydrogen-bond donors (Lipinski definition) is 1. The number of β-amino-alcohol motifs (C(OH)–C–C–N with tert-alkyl or cyclic N) is 1. The molecular formula is C11H16F3N3O. The van der Waals surface area contributed by atoms with Crippen LogP contribution in [0.25, 0.3) is 0 Å². The summed E-state index contributed by atoms with van der Waals surface area (Å²) in [5, 5.41) is 13.2. The first-order chi connectivity index (χ1) is 8.45. The van der Waals surface area contributed by atoms with E-state index in [1.54, 1.807) is 0 Å². The first-order valence-corrected chi connectivity index (χ1v) is 5.96. The van der Waals surface area contributed by atoms with Crippen LogP contribution in [0, 0.1) is 0 Å². The molecule has 1 fully saturated rings. The van der Waals surface area contributed by atoms with Crippen LogP contribution in [0.15, 0.2) is 12.3 Å². The average molecular weight is 263 g/mol. The minimum atomic E-state index is -4.43. The molecule has 0 unspecified atom stereocenters. The van der Waals surface area contributed by atoms with Crippen molar-refractivity contribution in [3.05, 3.63) is 18.0 Å². The van der Waals surface area contributed by atoms with Crippen molar-refractivity contribution in [2.45, 2.75) is 31.7 Å². The van der Waals surface area contributed by atoms with Gasteiger partial charge in [-0.05, 0) is 32.0 Å². The van der Waals surface area contributed by atoms with Crippen LogP contribution in [0.4, 0.5) is 13.2 Å². The zero-order valence-electron chi connectivity index (χ0n) is 9.90. The molecule has 0 saturated carbocycles. The molecule has 1 N–H and O–H groups in total. The molecule has 0 aliphatic carbocycles. The topological polar surface area (TPSA) is 41.3 Å². The van der Waals surface area contributed by atoms with Gasteiger partial charge in [0.1, 0.15) is 0 Å². The minimum Gasteiger partial charge on any atom is -0.390 e. The molecule has 1 atom stereocenters. The minimum absolute atomic E-state index is 0.0899. The molecule has 18 heavy (non-hydrogen) atoms. The van der Waals surface area contributed by atoms with Crippen molar-refractivity contribution < 1.29 is 18.3 Å². The van der Waals surface area contributed by atoms with Crippen LogP contribution in [0.2, 0.25) is 0 Å². The summed E-state index contributed by atoms with van der Waals surface area (Å²) < 4.78 is 38.1. The molecule has 102 valence electrons.